The molecular formula is C20H33N. The molecular weight excluding hydrogens is 254 g/mol. The maximum Gasteiger partial charge on any atom is 0.0320 e. The number of nitrogens with one attached hydrogen (secondary N) is 1. The van der Waals surface area contributed by atoms with Gasteiger partial charge in [0.2, 0.25) is 0 Å². The molecule has 0 saturated heterocycles. The standard InChI is InChI=1S/C20H33N/c1-5-7-8-9-10-11-20(21-16-6-2)19-14-12-18(13-15-19)17(3)4/h5,12-15,17,20-21H,1,6-11,16H2,2-4H3. The van der Waals surface area contributed by atoms with Gasteiger partial charge >= 0.3 is 0 Å². The van der Waals surface area contributed by atoms with Crippen molar-refractivity contribution in [1.82, 2.24) is 5.32 Å². The molecule has 0 spiro atoms. The first kappa shape index (κ1) is 18.0. The van der Waals surface area contributed by atoms with Crippen LogP contribution in [0.15, 0.2) is 36.9 Å². The van der Waals surface area contributed by atoms with Gasteiger partial charge in [-0.05, 0) is 49.3 Å². The highest BCUT2D eigenvalue weighted by Crippen LogP contribution is 2.23. The summed E-state index contributed by atoms with van der Waals surface area (Å²) in [4.78, 5) is 0. The van der Waals surface area contributed by atoms with E-state index in [4.69, 9.17) is 0 Å². The highest BCUT2D eigenvalue weighted by Gasteiger charge is 2.10. The lowest BCUT2D eigenvalue weighted by molar-refractivity contribution is 0.472. The first-order valence-corrected chi connectivity index (χ1v) is 8.63. The number of rotatable bonds is 11. The van der Waals surface area contributed by atoms with E-state index in [9.17, 15) is 0 Å². The number of benzene rings is 1. The first-order chi connectivity index (χ1) is 10.2. The second kappa shape index (κ2) is 10.6. The van der Waals surface area contributed by atoms with Crippen LogP contribution in [-0.2, 0) is 0 Å². The topological polar surface area (TPSA) is 12.0 Å². The van der Waals surface area contributed by atoms with E-state index in [2.05, 4.69) is 56.9 Å². The fourth-order valence-corrected chi connectivity index (χ4v) is 2.63. The predicted molar refractivity (Wildman–Crippen MR) is 94.8 cm³/mol. The van der Waals surface area contributed by atoms with Crippen LogP contribution in [0.25, 0.3) is 0 Å². The molecule has 118 valence electrons. The van der Waals surface area contributed by atoms with Gasteiger partial charge in [0.25, 0.3) is 0 Å². The quantitative estimate of drug-likeness (QED) is 0.389. The largest absolute Gasteiger partial charge is 0.310 e. The maximum absolute atomic E-state index is 3.79. The minimum absolute atomic E-state index is 0.509. The molecule has 1 aromatic carbocycles. The zero-order chi connectivity index (χ0) is 15.5. The second-order valence-electron chi connectivity index (χ2n) is 6.25. The lowest BCUT2D eigenvalue weighted by Crippen LogP contribution is -2.22. The van der Waals surface area contributed by atoms with E-state index in [0.29, 0.717) is 12.0 Å². The molecule has 1 heteroatoms. The predicted octanol–water partition coefficient (Wildman–Crippen LogP) is 5.99. The van der Waals surface area contributed by atoms with Crippen molar-refractivity contribution in [1.29, 1.82) is 0 Å². The molecule has 21 heavy (non-hydrogen) atoms. The number of hydrogen-bond donors (Lipinski definition) is 1. The molecule has 1 N–H and O–H groups in total. The molecule has 0 aliphatic rings. The second-order valence-corrected chi connectivity index (χ2v) is 6.25. The Hall–Kier alpha value is -1.08. The average molecular weight is 287 g/mol. The monoisotopic (exact) mass is 287 g/mol. The zero-order valence-electron chi connectivity index (χ0n) is 14.2. The van der Waals surface area contributed by atoms with Crippen molar-refractivity contribution in [3.05, 3.63) is 48.0 Å². The van der Waals surface area contributed by atoms with Crippen LogP contribution in [0.4, 0.5) is 0 Å². The molecule has 0 saturated carbocycles. The van der Waals surface area contributed by atoms with Crippen molar-refractivity contribution in [2.24, 2.45) is 0 Å². The van der Waals surface area contributed by atoms with E-state index < -0.39 is 0 Å². The van der Waals surface area contributed by atoms with Crippen molar-refractivity contribution in [3.63, 3.8) is 0 Å². The van der Waals surface area contributed by atoms with E-state index >= 15 is 0 Å². The number of allylic oxidation sites excluding steroid dienone is 1. The smallest absolute Gasteiger partial charge is 0.0320 e. The van der Waals surface area contributed by atoms with Crippen LogP contribution in [-0.4, -0.2) is 6.54 Å². The normalized spacial score (nSPS) is 12.6. The third-order valence-electron chi connectivity index (χ3n) is 4.05. The fraction of sp³-hybridized carbons (Fsp3) is 0.600. The molecule has 0 aromatic heterocycles. The highest BCUT2D eigenvalue weighted by atomic mass is 14.9. The summed E-state index contributed by atoms with van der Waals surface area (Å²) in [5, 5.41) is 3.71. The van der Waals surface area contributed by atoms with Crippen LogP contribution >= 0.6 is 0 Å². The Morgan fingerprint density at radius 2 is 1.71 bits per heavy atom. The summed E-state index contributed by atoms with van der Waals surface area (Å²) in [5.74, 6) is 0.611. The molecule has 0 radical (unpaired) electrons. The van der Waals surface area contributed by atoms with Crippen LogP contribution in [0, 0.1) is 0 Å². The van der Waals surface area contributed by atoms with Crippen molar-refractivity contribution in [2.75, 3.05) is 6.54 Å². The third kappa shape index (κ3) is 6.95. The van der Waals surface area contributed by atoms with Gasteiger partial charge in [-0.1, -0.05) is 64.0 Å². The average Bonchev–Trinajstić information content (AvgIpc) is 2.50. The van der Waals surface area contributed by atoms with Gasteiger partial charge < -0.3 is 5.32 Å². The van der Waals surface area contributed by atoms with Gasteiger partial charge in [0.15, 0.2) is 0 Å². The molecule has 0 amide bonds. The van der Waals surface area contributed by atoms with E-state index in [1.165, 1.54) is 43.2 Å². The Bertz CT molecular complexity index is 377. The van der Waals surface area contributed by atoms with Crippen LogP contribution in [0.1, 0.15) is 82.4 Å². The Morgan fingerprint density at radius 3 is 2.29 bits per heavy atom. The SMILES string of the molecule is C=CCCCCCC(NCCC)c1ccc(C(C)C)cc1. The molecule has 0 aliphatic carbocycles. The molecule has 1 unspecified atom stereocenters. The first-order valence-electron chi connectivity index (χ1n) is 8.63. The Kier molecular flexibility index (Phi) is 9.09. The van der Waals surface area contributed by atoms with E-state index in [-0.39, 0.29) is 0 Å². The summed E-state index contributed by atoms with van der Waals surface area (Å²) in [6.45, 7) is 11.6. The molecule has 0 fully saturated rings. The van der Waals surface area contributed by atoms with Gasteiger partial charge in [-0.2, -0.15) is 0 Å². The van der Waals surface area contributed by atoms with E-state index in [1.807, 2.05) is 6.08 Å². The molecule has 0 bridgehead atoms. The number of hydrogen-bond acceptors (Lipinski definition) is 1. The minimum Gasteiger partial charge on any atom is -0.310 e. The Balaban J connectivity index is 2.56. The summed E-state index contributed by atoms with van der Waals surface area (Å²) in [6.07, 6.45) is 9.47. The van der Waals surface area contributed by atoms with Gasteiger partial charge in [-0.25, -0.2) is 0 Å². The molecule has 0 heterocycles. The van der Waals surface area contributed by atoms with Crippen LogP contribution in [0.2, 0.25) is 0 Å². The Labute approximate surface area is 131 Å². The van der Waals surface area contributed by atoms with Crippen molar-refractivity contribution >= 4 is 0 Å². The summed E-state index contributed by atoms with van der Waals surface area (Å²) in [5.41, 5.74) is 2.87. The molecule has 1 aromatic rings. The van der Waals surface area contributed by atoms with Gasteiger partial charge in [-0.15, -0.1) is 6.58 Å². The van der Waals surface area contributed by atoms with Gasteiger partial charge in [0.05, 0.1) is 0 Å². The molecule has 1 nitrogen and oxygen atoms in total. The lowest BCUT2D eigenvalue weighted by atomic mass is 9.96. The highest BCUT2D eigenvalue weighted by molar-refractivity contribution is 5.26. The number of unbranched alkanes of at least 4 members (excludes halogenated alkanes) is 3. The summed E-state index contributed by atoms with van der Waals surface area (Å²) in [7, 11) is 0. The zero-order valence-corrected chi connectivity index (χ0v) is 14.2. The lowest BCUT2D eigenvalue weighted by Gasteiger charge is -2.20. The molecule has 1 atom stereocenters. The van der Waals surface area contributed by atoms with Crippen molar-refractivity contribution in [2.45, 2.75) is 71.3 Å². The van der Waals surface area contributed by atoms with Crippen molar-refractivity contribution < 1.29 is 0 Å². The van der Waals surface area contributed by atoms with Crippen LogP contribution < -0.4 is 5.32 Å². The van der Waals surface area contributed by atoms with Crippen molar-refractivity contribution in [3.8, 4) is 0 Å². The Morgan fingerprint density at radius 1 is 1.05 bits per heavy atom. The minimum atomic E-state index is 0.509. The maximum atomic E-state index is 3.79. The van der Waals surface area contributed by atoms with Gasteiger partial charge in [-0.3, -0.25) is 0 Å². The van der Waals surface area contributed by atoms with E-state index in [0.717, 1.165) is 13.0 Å². The van der Waals surface area contributed by atoms with E-state index in [1.54, 1.807) is 0 Å². The fourth-order valence-electron chi connectivity index (χ4n) is 2.63. The van der Waals surface area contributed by atoms with Gasteiger partial charge in [0, 0.05) is 6.04 Å². The summed E-state index contributed by atoms with van der Waals surface area (Å²) < 4.78 is 0. The third-order valence-corrected chi connectivity index (χ3v) is 4.05. The molecule has 0 aliphatic heterocycles. The van der Waals surface area contributed by atoms with Crippen LogP contribution in [0.3, 0.4) is 0 Å². The van der Waals surface area contributed by atoms with Crippen LogP contribution in [0.5, 0.6) is 0 Å². The van der Waals surface area contributed by atoms with Gasteiger partial charge in [0.1, 0.15) is 0 Å². The molecule has 1 rings (SSSR count). The summed E-state index contributed by atoms with van der Waals surface area (Å²) in [6, 6.07) is 9.71. The summed E-state index contributed by atoms with van der Waals surface area (Å²) >= 11 is 0.